The number of thiophene rings is 1. The quantitative estimate of drug-likeness (QED) is 0.517. The minimum atomic E-state index is 0.0705. The first kappa shape index (κ1) is 21.0. The third kappa shape index (κ3) is 4.55. The van der Waals surface area contributed by atoms with Crippen LogP contribution in [0.25, 0.3) is 10.2 Å². The Morgan fingerprint density at radius 2 is 2.27 bits per heavy atom. The molecule has 1 aliphatic heterocycles. The van der Waals surface area contributed by atoms with Gasteiger partial charge in [-0.3, -0.25) is 4.79 Å². The van der Waals surface area contributed by atoms with Gasteiger partial charge in [-0.05, 0) is 43.8 Å². The lowest BCUT2D eigenvalue weighted by atomic mass is 10.0. The van der Waals surface area contributed by atoms with E-state index < -0.39 is 0 Å². The molecule has 0 unspecified atom stereocenters. The number of fused-ring (bicyclic) bond motifs is 3. The summed E-state index contributed by atoms with van der Waals surface area (Å²) < 4.78 is 1.01. The summed E-state index contributed by atoms with van der Waals surface area (Å²) in [5.74, 6) is 0.888. The van der Waals surface area contributed by atoms with E-state index in [9.17, 15) is 4.79 Å². The highest BCUT2D eigenvalue weighted by Gasteiger charge is 2.25. The normalized spacial score (nSPS) is 13.9. The van der Waals surface area contributed by atoms with Gasteiger partial charge >= 0.3 is 0 Å². The SMILES string of the molecule is CCN(C)C/C=C/C(=O)N1CCc2c(sc3ncnc(Nc4cccc(Br)c4)c23)C1. The largest absolute Gasteiger partial charge is 0.340 e. The highest BCUT2D eigenvalue weighted by Crippen LogP contribution is 2.38. The van der Waals surface area contributed by atoms with Gasteiger partial charge in [0, 0.05) is 34.2 Å². The van der Waals surface area contributed by atoms with Crippen molar-refractivity contribution in [3.8, 4) is 0 Å². The lowest BCUT2D eigenvalue weighted by molar-refractivity contribution is -0.126. The molecule has 156 valence electrons. The number of aromatic nitrogens is 2. The minimum absolute atomic E-state index is 0.0705. The minimum Gasteiger partial charge on any atom is -0.340 e. The van der Waals surface area contributed by atoms with E-state index >= 15 is 0 Å². The van der Waals surface area contributed by atoms with Crippen LogP contribution >= 0.6 is 27.3 Å². The molecule has 0 radical (unpaired) electrons. The van der Waals surface area contributed by atoms with Crippen molar-refractivity contribution in [2.24, 2.45) is 0 Å². The zero-order chi connectivity index (χ0) is 21.1. The van der Waals surface area contributed by atoms with Crippen LogP contribution in [0.2, 0.25) is 0 Å². The summed E-state index contributed by atoms with van der Waals surface area (Å²) in [6, 6.07) is 8.02. The number of carbonyl (C=O) groups is 1. The first-order chi connectivity index (χ1) is 14.5. The summed E-state index contributed by atoms with van der Waals surface area (Å²) >= 11 is 5.17. The van der Waals surface area contributed by atoms with E-state index in [1.807, 2.05) is 42.3 Å². The average molecular weight is 486 g/mol. The highest BCUT2D eigenvalue weighted by atomic mass is 79.9. The average Bonchev–Trinajstić information content (AvgIpc) is 3.12. The number of carbonyl (C=O) groups excluding carboxylic acids is 1. The van der Waals surface area contributed by atoms with Crippen molar-refractivity contribution in [3.63, 3.8) is 0 Å². The molecular weight excluding hydrogens is 462 g/mol. The van der Waals surface area contributed by atoms with Crippen LogP contribution in [0.3, 0.4) is 0 Å². The fourth-order valence-electron chi connectivity index (χ4n) is 3.48. The van der Waals surface area contributed by atoms with Crippen molar-refractivity contribution in [2.45, 2.75) is 19.9 Å². The maximum Gasteiger partial charge on any atom is 0.246 e. The number of amides is 1. The number of benzene rings is 1. The van der Waals surface area contributed by atoms with Gasteiger partial charge in [0.15, 0.2) is 0 Å². The molecular formula is C22H24BrN5OS. The summed E-state index contributed by atoms with van der Waals surface area (Å²) in [7, 11) is 2.04. The van der Waals surface area contributed by atoms with E-state index in [2.05, 4.69) is 43.0 Å². The second kappa shape index (κ2) is 9.24. The standard InChI is InChI=1S/C22H24BrN5OS/c1-3-27(2)10-5-8-19(29)28-11-9-17-18(13-28)30-22-20(17)21(24-14-25-22)26-16-7-4-6-15(23)12-16/h4-8,12,14H,3,9-11,13H2,1-2H3,(H,24,25,26)/b8-5+. The Bertz CT molecular complexity index is 1100. The summed E-state index contributed by atoms with van der Waals surface area (Å²) in [6.07, 6.45) is 6.05. The van der Waals surface area contributed by atoms with Crippen LogP contribution in [-0.4, -0.2) is 52.4 Å². The van der Waals surface area contributed by atoms with E-state index in [1.165, 1.54) is 10.4 Å². The Balaban J connectivity index is 1.55. The van der Waals surface area contributed by atoms with Gasteiger partial charge in [0.05, 0.1) is 11.9 Å². The third-order valence-corrected chi connectivity index (χ3v) is 6.87. The molecule has 1 aliphatic rings. The van der Waals surface area contributed by atoms with E-state index in [1.54, 1.807) is 23.7 Å². The molecule has 4 rings (SSSR count). The number of hydrogen-bond acceptors (Lipinski definition) is 6. The lowest BCUT2D eigenvalue weighted by Crippen LogP contribution is -2.34. The number of hydrogen-bond donors (Lipinski definition) is 1. The summed E-state index contributed by atoms with van der Waals surface area (Å²) in [6.45, 7) is 5.18. The maximum atomic E-state index is 12.6. The van der Waals surface area contributed by atoms with Crippen LogP contribution < -0.4 is 5.32 Å². The van der Waals surface area contributed by atoms with Crippen LogP contribution in [0.15, 0.2) is 47.2 Å². The molecule has 3 aromatic rings. The first-order valence-electron chi connectivity index (χ1n) is 9.97. The number of nitrogens with one attached hydrogen (secondary N) is 1. The molecule has 3 heterocycles. The zero-order valence-corrected chi connectivity index (χ0v) is 19.5. The smallest absolute Gasteiger partial charge is 0.246 e. The van der Waals surface area contributed by atoms with Gasteiger partial charge in [0.25, 0.3) is 0 Å². The van der Waals surface area contributed by atoms with Gasteiger partial charge in [0.2, 0.25) is 5.91 Å². The van der Waals surface area contributed by atoms with Crippen LogP contribution in [0.1, 0.15) is 17.4 Å². The number of rotatable bonds is 6. The molecule has 30 heavy (non-hydrogen) atoms. The molecule has 0 saturated heterocycles. The summed E-state index contributed by atoms with van der Waals surface area (Å²) in [5.41, 5.74) is 2.23. The molecule has 8 heteroatoms. The molecule has 1 aromatic carbocycles. The molecule has 0 atom stereocenters. The third-order valence-electron chi connectivity index (χ3n) is 5.25. The molecule has 0 spiro atoms. The maximum absolute atomic E-state index is 12.6. The van der Waals surface area contributed by atoms with E-state index in [-0.39, 0.29) is 5.91 Å². The number of nitrogens with zero attached hydrogens (tertiary/aromatic N) is 4. The lowest BCUT2D eigenvalue weighted by Gasteiger charge is -2.26. The summed E-state index contributed by atoms with van der Waals surface area (Å²) in [4.78, 5) is 27.8. The van der Waals surface area contributed by atoms with Crippen molar-refractivity contribution in [2.75, 3.05) is 32.0 Å². The Kier molecular flexibility index (Phi) is 6.46. The predicted molar refractivity (Wildman–Crippen MR) is 126 cm³/mol. The fraction of sp³-hybridized carbons (Fsp3) is 0.318. The van der Waals surface area contributed by atoms with Gasteiger partial charge in [-0.25, -0.2) is 9.97 Å². The van der Waals surface area contributed by atoms with E-state index in [0.717, 1.165) is 45.7 Å². The fourth-order valence-corrected chi connectivity index (χ4v) is 5.08. The monoisotopic (exact) mass is 485 g/mol. The van der Waals surface area contributed by atoms with Gasteiger partial charge in [-0.15, -0.1) is 11.3 Å². The Morgan fingerprint density at radius 1 is 1.40 bits per heavy atom. The van der Waals surface area contributed by atoms with Crippen LogP contribution in [0.5, 0.6) is 0 Å². The van der Waals surface area contributed by atoms with Crippen LogP contribution in [0.4, 0.5) is 11.5 Å². The van der Waals surface area contributed by atoms with Crippen molar-refractivity contribution in [3.05, 3.63) is 57.7 Å². The molecule has 1 amide bonds. The van der Waals surface area contributed by atoms with Crippen molar-refractivity contribution >= 4 is 54.9 Å². The van der Waals surface area contributed by atoms with Crippen molar-refractivity contribution < 1.29 is 4.79 Å². The van der Waals surface area contributed by atoms with Gasteiger partial charge < -0.3 is 15.1 Å². The van der Waals surface area contributed by atoms with Crippen LogP contribution in [0, 0.1) is 0 Å². The van der Waals surface area contributed by atoms with Gasteiger partial charge in [0.1, 0.15) is 17.0 Å². The molecule has 0 saturated carbocycles. The molecule has 0 bridgehead atoms. The Morgan fingerprint density at radius 3 is 3.07 bits per heavy atom. The second-order valence-electron chi connectivity index (χ2n) is 7.31. The molecule has 6 nitrogen and oxygen atoms in total. The number of likely N-dealkylation sites (N-methyl/N-ethyl adjacent to an activating group) is 1. The zero-order valence-electron chi connectivity index (χ0n) is 17.1. The van der Waals surface area contributed by atoms with Crippen LogP contribution in [-0.2, 0) is 17.8 Å². The Hall–Kier alpha value is -2.29. The number of halogens is 1. The summed E-state index contributed by atoms with van der Waals surface area (Å²) in [5, 5.41) is 4.50. The predicted octanol–water partition coefficient (Wildman–Crippen LogP) is 4.59. The first-order valence-corrected chi connectivity index (χ1v) is 11.6. The topological polar surface area (TPSA) is 61.4 Å². The van der Waals surface area contributed by atoms with Crippen molar-refractivity contribution in [1.29, 1.82) is 0 Å². The van der Waals surface area contributed by atoms with Gasteiger partial charge in [-0.1, -0.05) is 35.0 Å². The molecule has 0 aliphatic carbocycles. The van der Waals surface area contributed by atoms with Gasteiger partial charge in [-0.2, -0.15) is 0 Å². The Labute approximate surface area is 188 Å². The molecule has 1 N–H and O–H groups in total. The van der Waals surface area contributed by atoms with E-state index in [0.29, 0.717) is 13.1 Å². The molecule has 2 aromatic heterocycles. The van der Waals surface area contributed by atoms with E-state index in [4.69, 9.17) is 0 Å². The number of anilines is 2. The highest BCUT2D eigenvalue weighted by molar-refractivity contribution is 9.10. The second-order valence-corrected chi connectivity index (χ2v) is 9.31. The molecule has 0 fully saturated rings. The van der Waals surface area contributed by atoms with Crippen molar-refractivity contribution in [1.82, 2.24) is 19.8 Å².